The summed E-state index contributed by atoms with van der Waals surface area (Å²) in [6.07, 6.45) is 9.23. The first-order valence-electron chi connectivity index (χ1n) is 10.4. The van der Waals surface area contributed by atoms with E-state index in [4.69, 9.17) is 4.42 Å². The maximum Gasteiger partial charge on any atom is 0.116 e. The van der Waals surface area contributed by atoms with Crippen molar-refractivity contribution in [3.63, 3.8) is 0 Å². The molecule has 4 rings (SSSR count). The van der Waals surface area contributed by atoms with Crippen LogP contribution in [0, 0.1) is 18.8 Å². The molecular formula is C28H26O. The zero-order valence-electron chi connectivity index (χ0n) is 16.9. The molecule has 0 spiro atoms. The highest BCUT2D eigenvalue weighted by atomic mass is 16.3. The minimum absolute atomic E-state index is 0.0261. The lowest BCUT2D eigenvalue weighted by Gasteiger charge is -2.16. The summed E-state index contributed by atoms with van der Waals surface area (Å²) < 4.78 is 6.09. The van der Waals surface area contributed by atoms with Gasteiger partial charge in [0.15, 0.2) is 0 Å². The van der Waals surface area contributed by atoms with Crippen molar-refractivity contribution >= 4 is 6.08 Å². The largest absolute Gasteiger partial charge is 0.465 e. The Morgan fingerprint density at radius 1 is 0.931 bits per heavy atom. The van der Waals surface area contributed by atoms with Crippen molar-refractivity contribution in [2.24, 2.45) is 0 Å². The molecule has 1 heterocycles. The van der Waals surface area contributed by atoms with Crippen LogP contribution in [0.5, 0.6) is 0 Å². The van der Waals surface area contributed by atoms with Gasteiger partial charge in [-0.25, -0.2) is 0 Å². The van der Waals surface area contributed by atoms with Gasteiger partial charge >= 0.3 is 0 Å². The van der Waals surface area contributed by atoms with Crippen LogP contribution in [0.15, 0.2) is 94.4 Å². The summed E-state index contributed by atoms with van der Waals surface area (Å²) >= 11 is 0. The van der Waals surface area contributed by atoms with E-state index in [1.54, 1.807) is 0 Å². The first kappa shape index (κ1) is 19.1. The molecule has 2 aromatic carbocycles. The third-order valence-electron chi connectivity index (χ3n) is 5.27. The van der Waals surface area contributed by atoms with Crippen LogP contribution in [0.4, 0.5) is 0 Å². The van der Waals surface area contributed by atoms with Crippen molar-refractivity contribution < 1.29 is 4.42 Å². The zero-order chi connectivity index (χ0) is 19.9. The maximum atomic E-state index is 6.09. The van der Waals surface area contributed by atoms with E-state index < -0.39 is 0 Å². The predicted octanol–water partition coefficient (Wildman–Crippen LogP) is 7.31. The van der Waals surface area contributed by atoms with Crippen LogP contribution in [-0.2, 0) is 0 Å². The van der Waals surface area contributed by atoms with Crippen LogP contribution >= 0.6 is 0 Å². The van der Waals surface area contributed by atoms with Gasteiger partial charge in [0.05, 0.1) is 5.92 Å². The summed E-state index contributed by atoms with van der Waals surface area (Å²) in [6.45, 7) is 1.99. The van der Waals surface area contributed by atoms with E-state index in [0.717, 1.165) is 35.5 Å². The molecule has 29 heavy (non-hydrogen) atoms. The Labute approximate surface area is 173 Å². The predicted molar refractivity (Wildman–Crippen MR) is 120 cm³/mol. The van der Waals surface area contributed by atoms with Crippen molar-refractivity contribution in [2.45, 2.75) is 38.5 Å². The average molecular weight is 379 g/mol. The van der Waals surface area contributed by atoms with E-state index in [-0.39, 0.29) is 5.92 Å². The van der Waals surface area contributed by atoms with E-state index in [1.807, 2.05) is 25.1 Å². The van der Waals surface area contributed by atoms with E-state index in [1.165, 1.54) is 24.0 Å². The maximum absolute atomic E-state index is 6.09. The fraction of sp³-hybridized carbons (Fsp3) is 0.214. The van der Waals surface area contributed by atoms with Gasteiger partial charge in [0.1, 0.15) is 11.5 Å². The molecule has 144 valence electrons. The van der Waals surface area contributed by atoms with Crippen molar-refractivity contribution in [3.05, 3.63) is 113 Å². The molecule has 0 saturated carbocycles. The van der Waals surface area contributed by atoms with E-state index in [9.17, 15) is 0 Å². The second kappa shape index (κ2) is 9.30. The van der Waals surface area contributed by atoms with Gasteiger partial charge in [0, 0.05) is 5.57 Å². The Bertz CT molecular complexity index is 1060. The van der Waals surface area contributed by atoms with E-state index in [2.05, 4.69) is 78.6 Å². The number of rotatable bonds is 4. The third kappa shape index (κ3) is 4.98. The summed E-state index contributed by atoms with van der Waals surface area (Å²) in [6, 6.07) is 25.0. The third-order valence-corrected chi connectivity index (χ3v) is 5.27. The zero-order valence-corrected chi connectivity index (χ0v) is 16.9. The summed E-state index contributed by atoms with van der Waals surface area (Å²) in [4.78, 5) is 0. The fourth-order valence-corrected chi connectivity index (χ4v) is 3.78. The molecule has 0 amide bonds. The molecule has 1 atom stereocenters. The molecule has 1 unspecified atom stereocenters. The molecule has 3 aromatic rings. The number of hydrogen-bond donors (Lipinski definition) is 0. The molecule has 0 fully saturated rings. The summed E-state index contributed by atoms with van der Waals surface area (Å²) in [5.74, 6) is 8.82. The molecule has 0 aliphatic heterocycles. The number of furan rings is 1. The van der Waals surface area contributed by atoms with Gasteiger partial charge in [0.25, 0.3) is 0 Å². The van der Waals surface area contributed by atoms with Crippen LogP contribution in [0.3, 0.4) is 0 Å². The van der Waals surface area contributed by atoms with Gasteiger partial charge in [-0.1, -0.05) is 78.6 Å². The standard InChI is InChI=1S/C28H26O/c1-22-17-20-27(29-22)28(25-15-9-4-10-16-25)26(21-24-13-7-3-8-14-24)19-18-23-11-5-2-6-12-23/h3-4,7-11,13-17,20-21,28H,2,5-6,12H2,1H3/b26-21+. The second-order valence-corrected chi connectivity index (χ2v) is 7.53. The molecule has 0 bridgehead atoms. The van der Waals surface area contributed by atoms with Gasteiger partial charge in [0.2, 0.25) is 0 Å². The van der Waals surface area contributed by atoms with Gasteiger partial charge in [-0.05, 0) is 67.5 Å². The summed E-state index contributed by atoms with van der Waals surface area (Å²) in [5.41, 5.74) is 4.66. The lowest BCUT2D eigenvalue weighted by atomic mass is 9.87. The Kier molecular flexibility index (Phi) is 6.13. The smallest absolute Gasteiger partial charge is 0.116 e. The normalized spacial score (nSPS) is 15.2. The first-order chi connectivity index (χ1) is 14.3. The van der Waals surface area contributed by atoms with Gasteiger partial charge < -0.3 is 4.42 Å². The van der Waals surface area contributed by atoms with Crippen molar-refractivity contribution in [1.82, 2.24) is 0 Å². The first-order valence-corrected chi connectivity index (χ1v) is 10.4. The van der Waals surface area contributed by atoms with Crippen molar-refractivity contribution in [2.75, 3.05) is 0 Å². The summed E-state index contributed by atoms with van der Waals surface area (Å²) in [7, 11) is 0. The van der Waals surface area contributed by atoms with Crippen LogP contribution in [0.2, 0.25) is 0 Å². The van der Waals surface area contributed by atoms with Gasteiger partial charge in [-0.3, -0.25) is 0 Å². The second-order valence-electron chi connectivity index (χ2n) is 7.53. The highest BCUT2D eigenvalue weighted by Crippen LogP contribution is 2.34. The molecule has 0 radical (unpaired) electrons. The topological polar surface area (TPSA) is 13.1 Å². The van der Waals surface area contributed by atoms with Crippen molar-refractivity contribution in [1.29, 1.82) is 0 Å². The van der Waals surface area contributed by atoms with Gasteiger partial charge in [-0.15, -0.1) is 0 Å². The average Bonchev–Trinajstić information content (AvgIpc) is 3.20. The Balaban J connectivity index is 1.83. The Hall–Kier alpha value is -3.24. The SMILES string of the molecule is Cc1ccc(C(/C(C#CC2=CCCCC2)=C/c2ccccc2)c2ccccc2)o1. The molecule has 1 heteroatoms. The van der Waals surface area contributed by atoms with Crippen LogP contribution in [0.1, 0.15) is 54.2 Å². The minimum atomic E-state index is -0.0261. The highest BCUT2D eigenvalue weighted by molar-refractivity contribution is 5.64. The molecule has 1 aromatic heterocycles. The fourth-order valence-electron chi connectivity index (χ4n) is 3.78. The Morgan fingerprint density at radius 3 is 2.34 bits per heavy atom. The summed E-state index contributed by atoms with van der Waals surface area (Å²) in [5, 5.41) is 0. The monoisotopic (exact) mass is 378 g/mol. The molecule has 1 nitrogen and oxygen atoms in total. The van der Waals surface area contributed by atoms with E-state index >= 15 is 0 Å². The molecular weight excluding hydrogens is 352 g/mol. The molecule has 0 N–H and O–H groups in total. The molecule has 0 saturated heterocycles. The molecule has 1 aliphatic rings. The highest BCUT2D eigenvalue weighted by Gasteiger charge is 2.21. The number of benzene rings is 2. The van der Waals surface area contributed by atoms with Crippen LogP contribution < -0.4 is 0 Å². The van der Waals surface area contributed by atoms with Crippen molar-refractivity contribution in [3.8, 4) is 11.8 Å². The van der Waals surface area contributed by atoms with Gasteiger partial charge in [-0.2, -0.15) is 0 Å². The number of allylic oxidation sites excluding steroid dienone is 3. The molecule has 1 aliphatic carbocycles. The Morgan fingerprint density at radius 2 is 1.69 bits per heavy atom. The quantitative estimate of drug-likeness (QED) is 0.434. The number of hydrogen-bond acceptors (Lipinski definition) is 1. The van der Waals surface area contributed by atoms with Crippen LogP contribution in [0.25, 0.3) is 6.08 Å². The lowest BCUT2D eigenvalue weighted by Crippen LogP contribution is -2.03. The van der Waals surface area contributed by atoms with Crippen LogP contribution in [-0.4, -0.2) is 0 Å². The lowest BCUT2D eigenvalue weighted by molar-refractivity contribution is 0.478. The van der Waals surface area contributed by atoms with E-state index in [0.29, 0.717) is 0 Å². The number of aryl methyl sites for hydroxylation is 1. The minimum Gasteiger partial charge on any atom is -0.465 e.